The summed E-state index contributed by atoms with van der Waals surface area (Å²) >= 11 is 4.23. The molecule has 0 aliphatic carbocycles. The van der Waals surface area contributed by atoms with E-state index in [1.807, 2.05) is 0 Å². The van der Waals surface area contributed by atoms with Crippen molar-refractivity contribution in [1.82, 2.24) is 0 Å². The highest BCUT2D eigenvalue weighted by atomic mass is 32.1. The molecule has 1 aromatic carbocycles. The number of benzene rings is 1. The normalized spacial score (nSPS) is 10.5. The van der Waals surface area contributed by atoms with Crippen LogP contribution in [0.25, 0.3) is 0 Å². The first kappa shape index (κ1) is 10.6. The maximum atomic E-state index is 4.23. The lowest BCUT2D eigenvalue weighted by Crippen LogP contribution is -1.93. The van der Waals surface area contributed by atoms with Gasteiger partial charge in [-0.2, -0.15) is 12.6 Å². The molecule has 13 heavy (non-hydrogen) atoms. The molecule has 0 bridgehead atoms. The molecule has 1 rings (SSSR count). The van der Waals surface area contributed by atoms with Crippen molar-refractivity contribution >= 4 is 12.6 Å². The van der Waals surface area contributed by atoms with Crippen LogP contribution in [0.3, 0.4) is 0 Å². The van der Waals surface area contributed by atoms with Crippen LogP contribution in [0.15, 0.2) is 12.1 Å². The Morgan fingerprint density at radius 2 is 1.62 bits per heavy atom. The van der Waals surface area contributed by atoms with E-state index in [0.717, 1.165) is 12.2 Å². The SMILES string of the molecule is Cc1cc(C)c(CCCS)cc1C. The van der Waals surface area contributed by atoms with E-state index in [1.54, 1.807) is 0 Å². The van der Waals surface area contributed by atoms with E-state index < -0.39 is 0 Å². The molecule has 0 aromatic heterocycles. The predicted octanol–water partition coefficient (Wildman–Crippen LogP) is 3.47. The number of hydrogen-bond acceptors (Lipinski definition) is 1. The summed E-state index contributed by atoms with van der Waals surface area (Å²) in [4.78, 5) is 0. The minimum absolute atomic E-state index is 0.979. The van der Waals surface area contributed by atoms with Gasteiger partial charge in [0.25, 0.3) is 0 Å². The predicted molar refractivity (Wildman–Crippen MR) is 62.8 cm³/mol. The summed E-state index contributed by atoms with van der Waals surface area (Å²) < 4.78 is 0. The lowest BCUT2D eigenvalue weighted by Gasteiger charge is -2.08. The van der Waals surface area contributed by atoms with Gasteiger partial charge in [0.15, 0.2) is 0 Å². The Kier molecular flexibility index (Phi) is 3.86. The average Bonchev–Trinajstić information content (AvgIpc) is 2.09. The fourth-order valence-corrected chi connectivity index (χ4v) is 1.72. The molecule has 72 valence electrons. The molecule has 0 amide bonds. The number of thiol groups is 1. The molecule has 0 nitrogen and oxygen atoms in total. The molecule has 1 aromatic rings. The third-order valence-corrected chi connectivity index (χ3v) is 2.87. The van der Waals surface area contributed by atoms with E-state index in [2.05, 4.69) is 45.5 Å². The summed E-state index contributed by atoms with van der Waals surface area (Å²) in [5.74, 6) is 0.979. The van der Waals surface area contributed by atoms with Gasteiger partial charge in [0.1, 0.15) is 0 Å². The zero-order valence-electron chi connectivity index (χ0n) is 8.72. The van der Waals surface area contributed by atoms with E-state index in [1.165, 1.54) is 28.7 Å². The molecule has 0 unspecified atom stereocenters. The molecule has 0 fully saturated rings. The van der Waals surface area contributed by atoms with E-state index in [4.69, 9.17) is 0 Å². The molecule has 0 saturated carbocycles. The van der Waals surface area contributed by atoms with Crippen molar-refractivity contribution in [3.05, 3.63) is 34.4 Å². The summed E-state index contributed by atoms with van der Waals surface area (Å²) in [5.41, 5.74) is 5.70. The maximum Gasteiger partial charge on any atom is -0.00947 e. The van der Waals surface area contributed by atoms with E-state index in [9.17, 15) is 0 Å². The van der Waals surface area contributed by atoms with Crippen molar-refractivity contribution < 1.29 is 0 Å². The zero-order chi connectivity index (χ0) is 9.84. The first-order valence-electron chi connectivity index (χ1n) is 4.82. The zero-order valence-corrected chi connectivity index (χ0v) is 9.62. The Bertz CT molecular complexity index is 289. The Labute approximate surface area is 86.8 Å². The fourth-order valence-electron chi connectivity index (χ4n) is 1.56. The lowest BCUT2D eigenvalue weighted by atomic mass is 9.98. The first-order valence-corrected chi connectivity index (χ1v) is 5.46. The summed E-state index contributed by atoms with van der Waals surface area (Å²) in [5, 5.41) is 0. The Morgan fingerprint density at radius 3 is 2.23 bits per heavy atom. The highest BCUT2D eigenvalue weighted by molar-refractivity contribution is 7.80. The topological polar surface area (TPSA) is 0 Å². The number of aryl methyl sites for hydroxylation is 4. The van der Waals surface area contributed by atoms with Crippen LogP contribution in [0.2, 0.25) is 0 Å². The van der Waals surface area contributed by atoms with Gasteiger partial charge in [-0.05, 0) is 61.6 Å². The van der Waals surface area contributed by atoms with E-state index in [-0.39, 0.29) is 0 Å². The second kappa shape index (κ2) is 4.71. The van der Waals surface area contributed by atoms with Gasteiger partial charge in [-0.25, -0.2) is 0 Å². The van der Waals surface area contributed by atoms with Crippen molar-refractivity contribution in [2.75, 3.05) is 5.75 Å². The lowest BCUT2D eigenvalue weighted by molar-refractivity contribution is 0.922. The molecule has 0 aliphatic heterocycles. The van der Waals surface area contributed by atoms with Gasteiger partial charge in [-0.1, -0.05) is 12.1 Å². The second-order valence-corrected chi connectivity index (χ2v) is 4.14. The standard InChI is InChI=1S/C12H18S/c1-9-7-11(3)12(5-4-6-13)8-10(9)2/h7-8,13H,4-6H2,1-3H3. The molecule has 0 radical (unpaired) electrons. The third-order valence-electron chi connectivity index (χ3n) is 2.56. The summed E-state index contributed by atoms with van der Waals surface area (Å²) in [6.45, 7) is 6.55. The van der Waals surface area contributed by atoms with Crippen molar-refractivity contribution in [3.8, 4) is 0 Å². The summed E-state index contributed by atoms with van der Waals surface area (Å²) in [6, 6.07) is 4.59. The molecular weight excluding hydrogens is 176 g/mol. The van der Waals surface area contributed by atoms with Gasteiger partial charge >= 0.3 is 0 Å². The van der Waals surface area contributed by atoms with Crippen LogP contribution in [-0.2, 0) is 6.42 Å². The minimum atomic E-state index is 0.979. The van der Waals surface area contributed by atoms with Crippen molar-refractivity contribution in [3.63, 3.8) is 0 Å². The van der Waals surface area contributed by atoms with Crippen LogP contribution in [0.4, 0.5) is 0 Å². The number of hydrogen-bond donors (Lipinski definition) is 1. The second-order valence-electron chi connectivity index (χ2n) is 3.69. The molecule has 0 N–H and O–H groups in total. The van der Waals surface area contributed by atoms with Crippen LogP contribution < -0.4 is 0 Å². The molecule has 1 heteroatoms. The van der Waals surface area contributed by atoms with E-state index in [0.29, 0.717) is 0 Å². The first-order chi connectivity index (χ1) is 6.15. The Hall–Kier alpha value is -0.430. The Morgan fingerprint density at radius 1 is 1.00 bits per heavy atom. The van der Waals surface area contributed by atoms with E-state index >= 15 is 0 Å². The van der Waals surface area contributed by atoms with Crippen LogP contribution in [0, 0.1) is 20.8 Å². The largest absolute Gasteiger partial charge is 0.179 e. The monoisotopic (exact) mass is 194 g/mol. The molecule has 0 saturated heterocycles. The van der Waals surface area contributed by atoms with Crippen molar-refractivity contribution in [1.29, 1.82) is 0 Å². The molecule has 0 atom stereocenters. The van der Waals surface area contributed by atoms with Crippen molar-refractivity contribution in [2.24, 2.45) is 0 Å². The van der Waals surface area contributed by atoms with Crippen LogP contribution in [0.5, 0.6) is 0 Å². The molecule has 0 aliphatic rings. The van der Waals surface area contributed by atoms with Gasteiger partial charge in [-0.15, -0.1) is 0 Å². The number of rotatable bonds is 3. The van der Waals surface area contributed by atoms with Crippen LogP contribution in [-0.4, -0.2) is 5.75 Å². The highest BCUT2D eigenvalue weighted by Gasteiger charge is 2.00. The Balaban J connectivity index is 2.88. The van der Waals surface area contributed by atoms with Crippen LogP contribution >= 0.6 is 12.6 Å². The smallest absolute Gasteiger partial charge is 0.00947 e. The third kappa shape index (κ3) is 2.77. The average molecular weight is 194 g/mol. The molecular formula is C12H18S. The molecule has 0 spiro atoms. The summed E-state index contributed by atoms with van der Waals surface area (Å²) in [7, 11) is 0. The van der Waals surface area contributed by atoms with Crippen LogP contribution in [0.1, 0.15) is 28.7 Å². The van der Waals surface area contributed by atoms with Gasteiger partial charge in [0.2, 0.25) is 0 Å². The summed E-state index contributed by atoms with van der Waals surface area (Å²) in [6.07, 6.45) is 2.34. The fraction of sp³-hybridized carbons (Fsp3) is 0.500. The highest BCUT2D eigenvalue weighted by Crippen LogP contribution is 2.16. The van der Waals surface area contributed by atoms with Gasteiger partial charge in [-0.3, -0.25) is 0 Å². The minimum Gasteiger partial charge on any atom is -0.179 e. The quantitative estimate of drug-likeness (QED) is 0.700. The van der Waals surface area contributed by atoms with Gasteiger partial charge in [0, 0.05) is 0 Å². The maximum absolute atomic E-state index is 4.23. The van der Waals surface area contributed by atoms with Gasteiger partial charge in [0.05, 0.1) is 0 Å². The van der Waals surface area contributed by atoms with Crippen molar-refractivity contribution in [2.45, 2.75) is 33.6 Å². The van der Waals surface area contributed by atoms with Gasteiger partial charge < -0.3 is 0 Å². The molecule has 0 heterocycles.